The van der Waals surface area contributed by atoms with Crippen LogP contribution in [0.4, 0.5) is 5.69 Å². The molecule has 0 aliphatic heterocycles. The molecule has 0 aliphatic carbocycles. The zero-order valence-electron chi connectivity index (χ0n) is 13.0. The highest BCUT2D eigenvalue weighted by molar-refractivity contribution is 6.29. The third-order valence-electron chi connectivity index (χ3n) is 3.06. The van der Waals surface area contributed by atoms with E-state index in [1.54, 1.807) is 10.9 Å². The topological polar surface area (TPSA) is 55.6 Å². The zero-order valence-corrected chi connectivity index (χ0v) is 13.7. The van der Waals surface area contributed by atoms with Crippen LogP contribution >= 0.6 is 11.6 Å². The Morgan fingerprint density at radius 2 is 2.05 bits per heavy atom. The summed E-state index contributed by atoms with van der Waals surface area (Å²) in [6.45, 7) is 8.57. The van der Waals surface area contributed by atoms with Gasteiger partial charge in [-0.25, -0.2) is 9.67 Å². The number of halogens is 1. The SMILES string of the molecule is CC(C)CCc1cn(-c2cnc(Cl)cc2NC(C)C)nn1. The molecule has 2 aromatic rings. The Balaban J connectivity index is 2.25. The average molecular weight is 308 g/mol. The summed E-state index contributed by atoms with van der Waals surface area (Å²) in [6, 6.07) is 2.11. The largest absolute Gasteiger partial charge is 0.381 e. The summed E-state index contributed by atoms with van der Waals surface area (Å²) >= 11 is 5.98. The van der Waals surface area contributed by atoms with Crippen LogP contribution in [0.25, 0.3) is 5.69 Å². The minimum absolute atomic E-state index is 0.297. The van der Waals surface area contributed by atoms with E-state index in [1.165, 1.54) is 0 Å². The first kappa shape index (κ1) is 15.8. The Labute approximate surface area is 130 Å². The van der Waals surface area contributed by atoms with Crippen LogP contribution in [-0.2, 0) is 6.42 Å². The van der Waals surface area contributed by atoms with E-state index in [1.807, 2.05) is 12.3 Å². The fourth-order valence-electron chi connectivity index (χ4n) is 2.00. The molecule has 6 heteroatoms. The van der Waals surface area contributed by atoms with E-state index in [2.05, 4.69) is 48.3 Å². The summed E-state index contributed by atoms with van der Waals surface area (Å²) in [5.74, 6) is 0.658. The van der Waals surface area contributed by atoms with Gasteiger partial charge < -0.3 is 5.32 Å². The molecule has 0 saturated carbocycles. The number of hydrogen-bond donors (Lipinski definition) is 1. The first-order chi connectivity index (χ1) is 9.95. The van der Waals surface area contributed by atoms with Gasteiger partial charge in [0, 0.05) is 12.1 Å². The summed E-state index contributed by atoms with van der Waals surface area (Å²) in [7, 11) is 0. The van der Waals surface area contributed by atoms with Gasteiger partial charge in [-0.3, -0.25) is 0 Å². The van der Waals surface area contributed by atoms with E-state index < -0.39 is 0 Å². The third-order valence-corrected chi connectivity index (χ3v) is 3.27. The lowest BCUT2D eigenvalue weighted by Crippen LogP contribution is -2.12. The number of pyridine rings is 1. The van der Waals surface area contributed by atoms with Crippen molar-refractivity contribution in [3.05, 3.63) is 29.3 Å². The van der Waals surface area contributed by atoms with E-state index in [0.29, 0.717) is 17.1 Å². The number of nitrogens with one attached hydrogen (secondary N) is 1. The van der Waals surface area contributed by atoms with Gasteiger partial charge in [0.15, 0.2) is 0 Å². The first-order valence-electron chi connectivity index (χ1n) is 7.29. The number of rotatable bonds is 6. The molecule has 0 saturated heterocycles. The van der Waals surface area contributed by atoms with E-state index in [-0.39, 0.29) is 0 Å². The van der Waals surface area contributed by atoms with Crippen LogP contribution in [0.1, 0.15) is 39.8 Å². The Morgan fingerprint density at radius 3 is 2.71 bits per heavy atom. The molecule has 1 N–H and O–H groups in total. The average Bonchev–Trinajstić information content (AvgIpc) is 2.84. The van der Waals surface area contributed by atoms with Crippen molar-refractivity contribution in [2.75, 3.05) is 5.32 Å². The summed E-state index contributed by atoms with van der Waals surface area (Å²) in [6.07, 6.45) is 5.72. The number of aromatic nitrogens is 4. The number of anilines is 1. The van der Waals surface area contributed by atoms with Gasteiger partial charge in [-0.2, -0.15) is 0 Å². The standard InChI is InChI=1S/C15H22ClN5/c1-10(2)5-6-12-9-21(20-19-12)14-8-17-15(16)7-13(14)18-11(3)4/h7-11H,5-6H2,1-4H3,(H,17,18). The lowest BCUT2D eigenvalue weighted by atomic mass is 10.1. The molecule has 2 heterocycles. The molecule has 5 nitrogen and oxygen atoms in total. The molecule has 2 rings (SSSR count). The van der Waals surface area contributed by atoms with Gasteiger partial charge in [0.1, 0.15) is 10.8 Å². The third kappa shape index (κ3) is 4.43. The molecular weight excluding hydrogens is 286 g/mol. The van der Waals surface area contributed by atoms with Crippen LogP contribution in [0.5, 0.6) is 0 Å². The number of nitrogens with zero attached hydrogens (tertiary/aromatic N) is 4. The molecule has 0 bridgehead atoms. The maximum atomic E-state index is 5.98. The van der Waals surface area contributed by atoms with Crippen molar-refractivity contribution < 1.29 is 0 Å². The molecular formula is C15H22ClN5. The van der Waals surface area contributed by atoms with Crippen LogP contribution in [0.2, 0.25) is 5.15 Å². The highest BCUT2D eigenvalue weighted by Gasteiger charge is 2.10. The van der Waals surface area contributed by atoms with E-state index in [4.69, 9.17) is 11.6 Å². The zero-order chi connectivity index (χ0) is 15.4. The highest BCUT2D eigenvalue weighted by Crippen LogP contribution is 2.23. The second-order valence-electron chi connectivity index (χ2n) is 5.91. The van der Waals surface area contributed by atoms with E-state index in [9.17, 15) is 0 Å². The van der Waals surface area contributed by atoms with Crippen LogP contribution in [0, 0.1) is 5.92 Å². The first-order valence-corrected chi connectivity index (χ1v) is 7.67. The van der Waals surface area contributed by atoms with Gasteiger partial charge in [0.25, 0.3) is 0 Å². The van der Waals surface area contributed by atoms with E-state index in [0.717, 1.165) is 29.9 Å². The highest BCUT2D eigenvalue weighted by atomic mass is 35.5. The molecule has 0 amide bonds. The summed E-state index contributed by atoms with van der Waals surface area (Å²) in [4.78, 5) is 4.14. The fourth-order valence-corrected chi connectivity index (χ4v) is 2.16. The lowest BCUT2D eigenvalue weighted by Gasteiger charge is -2.14. The maximum Gasteiger partial charge on any atom is 0.131 e. The Kier molecular flexibility index (Phi) is 5.17. The van der Waals surface area contributed by atoms with Crippen LogP contribution in [0.3, 0.4) is 0 Å². The van der Waals surface area contributed by atoms with Gasteiger partial charge in [0.05, 0.1) is 23.8 Å². The summed E-state index contributed by atoms with van der Waals surface area (Å²) < 4.78 is 1.75. The lowest BCUT2D eigenvalue weighted by molar-refractivity contribution is 0.581. The van der Waals surface area contributed by atoms with Crippen molar-refractivity contribution in [3.63, 3.8) is 0 Å². The predicted molar refractivity (Wildman–Crippen MR) is 86.1 cm³/mol. The summed E-state index contributed by atoms with van der Waals surface area (Å²) in [5.41, 5.74) is 2.76. The number of aryl methyl sites for hydroxylation is 1. The Morgan fingerprint density at radius 1 is 1.29 bits per heavy atom. The van der Waals surface area contributed by atoms with Crippen molar-refractivity contribution in [3.8, 4) is 5.69 Å². The maximum absolute atomic E-state index is 5.98. The van der Waals surface area contributed by atoms with Crippen LogP contribution < -0.4 is 5.32 Å². The van der Waals surface area contributed by atoms with Gasteiger partial charge >= 0.3 is 0 Å². The number of hydrogen-bond acceptors (Lipinski definition) is 4. The minimum Gasteiger partial charge on any atom is -0.381 e. The molecule has 21 heavy (non-hydrogen) atoms. The molecule has 0 aromatic carbocycles. The monoisotopic (exact) mass is 307 g/mol. The van der Waals surface area contributed by atoms with Gasteiger partial charge in [-0.05, 0) is 32.6 Å². The van der Waals surface area contributed by atoms with Gasteiger partial charge in [0.2, 0.25) is 0 Å². The Bertz CT molecular complexity index is 591. The molecule has 0 fully saturated rings. The second-order valence-corrected chi connectivity index (χ2v) is 6.30. The van der Waals surface area contributed by atoms with Gasteiger partial charge in [-0.1, -0.05) is 30.7 Å². The minimum atomic E-state index is 0.297. The van der Waals surface area contributed by atoms with Crippen molar-refractivity contribution in [1.82, 2.24) is 20.0 Å². The molecule has 114 valence electrons. The molecule has 0 atom stereocenters. The molecule has 2 aromatic heterocycles. The quantitative estimate of drug-likeness (QED) is 0.826. The fraction of sp³-hybridized carbons (Fsp3) is 0.533. The van der Waals surface area contributed by atoms with Crippen molar-refractivity contribution in [2.45, 2.75) is 46.6 Å². The molecule has 0 unspecified atom stereocenters. The predicted octanol–water partition coefficient (Wildman–Crippen LogP) is 3.72. The van der Waals surface area contributed by atoms with Crippen molar-refractivity contribution in [2.24, 2.45) is 5.92 Å². The van der Waals surface area contributed by atoms with E-state index >= 15 is 0 Å². The second kappa shape index (κ2) is 6.89. The molecule has 0 radical (unpaired) electrons. The van der Waals surface area contributed by atoms with Crippen LogP contribution in [-0.4, -0.2) is 26.0 Å². The van der Waals surface area contributed by atoms with Crippen LogP contribution in [0.15, 0.2) is 18.5 Å². The molecule has 0 spiro atoms. The Hall–Kier alpha value is -1.62. The normalized spacial score (nSPS) is 11.4. The van der Waals surface area contributed by atoms with Gasteiger partial charge in [-0.15, -0.1) is 5.10 Å². The molecule has 0 aliphatic rings. The van der Waals surface area contributed by atoms with Crippen molar-refractivity contribution in [1.29, 1.82) is 0 Å². The summed E-state index contributed by atoms with van der Waals surface area (Å²) in [5, 5.41) is 12.3. The smallest absolute Gasteiger partial charge is 0.131 e. The van der Waals surface area contributed by atoms with Crippen molar-refractivity contribution >= 4 is 17.3 Å².